The van der Waals surface area contributed by atoms with Crippen LogP contribution in [0.25, 0.3) is 0 Å². The van der Waals surface area contributed by atoms with Gasteiger partial charge in [0.1, 0.15) is 12.1 Å². The first-order chi connectivity index (χ1) is 15.6. The van der Waals surface area contributed by atoms with Crippen LogP contribution >= 0.6 is 80.9 Å². The lowest BCUT2D eigenvalue weighted by molar-refractivity contribution is -0.130. The number of hydrogen-bond donors (Lipinski definition) is 0. The zero-order chi connectivity index (χ0) is 23.8. The van der Waals surface area contributed by atoms with Crippen LogP contribution in [0.15, 0.2) is 35.7 Å². The highest BCUT2D eigenvalue weighted by Gasteiger charge is 2.58. The number of carbonyl (C=O) groups is 3. The van der Waals surface area contributed by atoms with Gasteiger partial charge in [-0.1, -0.05) is 75.7 Å². The minimum atomic E-state index is -1.14. The first-order valence-corrected chi connectivity index (χ1v) is 12.3. The van der Waals surface area contributed by atoms with E-state index < -0.39 is 29.8 Å². The van der Waals surface area contributed by atoms with Crippen LogP contribution in [0.4, 0.5) is 5.69 Å². The van der Waals surface area contributed by atoms with E-state index in [0.29, 0.717) is 15.7 Å². The van der Waals surface area contributed by atoms with Gasteiger partial charge in [0.15, 0.2) is 0 Å². The first kappa shape index (κ1) is 23.2. The Balaban J connectivity index is 1.63. The third-order valence-electron chi connectivity index (χ3n) is 5.44. The highest BCUT2D eigenvalue weighted by atomic mass is 35.5. The van der Waals surface area contributed by atoms with Gasteiger partial charge in [0.2, 0.25) is 0 Å². The second kappa shape index (κ2) is 8.31. The molecule has 2 unspecified atom stereocenters. The Morgan fingerprint density at radius 2 is 1.24 bits per heavy atom. The van der Waals surface area contributed by atoms with E-state index in [4.69, 9.17) is 69.6 Å². The summed E-state index contributed by atoms with van der Waals surface area (Å²) in [4.78, 5) is 43.1. The van der Waals surface area contributed by atoms with E-state index in [2.05, 4.69) is 0 Å². The second-order valence-electron chi connectivity index (χ2n) is 7.23. The third-order valence-corrected chi connectivity index (χ3v) is 8.62. The van der Waals surface area contributed by atoms with Gasteiger partial charge >= 0.3 is 0 Å². The molecular weight excluding hydrogens is 573 g/mol. The summed E-state index contributed by atoms with van der Waals surface area (Å²) in [6, 6.07) is 6.50. The maximum atomic E-state index is 13.4. The van der Waals surface area contributed by atoms with Gasteiger partial charge in [-0.25, -0.2) is 0 Å². The van der Waals surface area contributed by atoms with E-state index >= 15 is 0 Å². The maximum absolute atomic E-state index is 13.4. The number of anilines is 1. The molecule has 5 rings (SSSR count). The van der Waals surface area contributed by atoms with Crippen molar-refractivity contribution in [2.24, 2.45) is 0 Å². The fraction of sp³-hybridized carbons (Fsp3) is 0.0952. The monoisotopic (exact) mass is 578 g/mol. The topological polar surface area (TPSA) is 57.7 Å². The molecule has 2 aliphatic rings. The molecule has 0 aliphatic carbocycles. The van der Waals surface area contributed by atoms with Crippen LogP contribution < -0.4 is 4.90 Å². The number of halogens is 6. The first-order valence-electron chi connectivity index (χ1n) is 9.19. The number of hydrogen-bond acceptors (Lipinski definition) is 4. The molecule has 0 bridgehead atoms. The summed E-state index contributed by atoms with van der Waals surface area (Å²) in [5.41, 5.74) is 0.0806. The number of rotatable bonds is 3. The Bertz CT molecular complexity index is 1310. The molecule has 3 heterocycles. The molecule has 0 N–H and O–H groups in total. The van der Waals surface area contributed by atoms with Crippen molar-refractivity contribution in [1.29, 1.82) is 0 Å². The van der Waals surface area contributed by atoms with Gasteiger partial charge in [-0.3, -0.25) is 24.2 Å². The van der Waals surface area contributed by atoms with E-state index in [9.17, 15) is 14.4 Å². The van der Waals surface area contributed by atoms with Crippen molar-refractivity contribution >= 4 is 104 Å². The summed E-state index contributed by atoms with van der Waals surface area (Å²) in [5.74, 6) is -2.04. The summed E-state index contributed by atoms with van der Waals surface area (Å²) in [7, 11) is 0. The minimum Gasteiger partial charge on any atom is -0.299 e. The fourth-order valence-electron chi connectivity index (χ4n) is 4.05. The van der Waals surface area contributed by atoms with Crippen LogP contribution in [0.3, 0.4) is 0 Å². The number of nitrogens with zero attached hydrogens (tertiary/aromatic N) is 2. The van der Waals surface area contributed by atoms with Crippen molar-refractivity contribution < 1.29 is 14.4 Å². The van der Waals surface area contributed by atoms with Crippen LogP contribution in [0.1, 0.15) is 31.6 Å². The average molecular weight is 581 g/mol. The van der Waals surface area contributed by atoms with E-state index in [-0.39, 0.29) is 31.2 Å². The van der Waals surface area contributed by atoms with Gasteiger partial charge in [-0.15, -0.1) is 11.3 Å². The molecule has 0 spiro atoms. The molecule has 1 saturated heterocycles. The molecule has 0 saturated carbocycles. The Hall–Kier alpha value is -1.51. The number of imide groups is 1. The SMILES string of the molecule is O=C1c2c(Cl)c(Cl)c(Cl)c(Cl)c2C(=O)N1C1C(=O)N(c2cc(Cl)cc(Cl)c2)C1c1cccs1. The van der Waals surface area contributed by atoms with Crippen molar-refractivity contribution in [2.75, 3.05) is 4.90 Å². The van der Waals surface area contributed by atoms with Crippen molar-refractivity contribution in [2.45, 2.75) is 12.1 Å². The largest absolute Gasteiger partial charge is 0.299 e. The van der Waals surface area contributed by atoms with Gasteiger partial charge in [0.25, 0.3) is 17.7 Å². The summed E-state index contributed by atoms with van der Waals surface area (Å²) in [6.07, 6.45) is 0. The number of thiophene rings is 1. The predicted molar refractivity (Wildman–Crippen MR) is 132 cm³/mol. The lowest BCUT2D eigenvalue weighted by Crippen LogP contribution is -2.67. The van der Waals surface area contributed by atoms with E-state index in [1.807, 2.05) is 5.38 Å². The summed E-state index contributed by atoms with van der Waals surface area (Å²) in [5, 5.41) is 1.82. The summed E-state index contributed by atoms with van der Waals surface area (Å²) in [6.45, 7) is 0. The fourth-order valence-corrected chi connectivity index (χ4v) is 6.43. The number of carbonyl (C=O) groups excluding carboxylic acids is 3. The Labute approximate surface area is 221 Å². The Morgan fingerprint density at radius 3 is 1.73 bits per heavy atom. The second-order valence-corrected chi connectivity index (χ2v) is 10.6. The van der Waals surface area contributed by atoms with Gasteiger partial charge in [0, 0.05) is 20.6 Å². The number of β-lactam (4-membered cyclic amide) rings is 1. The molecule has 12 heteroatoms. The standard InChI is InChI=1S/C21H8Cl6N2O3S/c22-7-4-8(23)6-9(5-7)28-17(10-2-1-3-33-10)18(21(28)32)29-19(30)11-12(20(29)31)14(25)16(27)15(26)13(11)24/h1-6,17-18H. The smallest absolute Gasteiger partial charge is 0.264 e. The molecule has 0 radical (unpaired) electrons. The predicted octanol–water partition coefficient (Wildman–Crippen LogP) is 7.42. The molecule has 168 valence electrons. The van der Waals surface area contributed by atoms with E-state index in [0.717, 1.165) is 9.78 Å². The van der Waals surface area contributed by atoms with Gasteiger partial charge in [0.05, 0.1) is 31.2 Å². The number of fused-ring (bicyclic) bond motifs is 1. The van der Waals surface area contributed by atoms with Crippen LogP contribution in [-0.2, 0) is 4.79 Å². The lowest BCUT2D eigenvalue weighted by atomic mass is 9.90. The average Bonchev–Trinajstić information content (AvgIpc) is 3.36. The Morgan fingerprint density at radius 1 is 0.697 bits per heavy atom. The third kappa shape index (κ3) is 3.39. The zero-order valence-electron chi connectivity index (χ0n) is 15.9. The van der Waals surface area contributed by atoms with Crippen molar-refractivity contribution in [3.63, 3.8) is 0 Å². The van der Waals surface area contributed by atoms with Crippen molar-refractivity contribution in [1.82, 2.24) is 4.90 Å². The van der Waals surface area contributed by atoms with Gasteiger partial charge in [-0.2, -0.15) is 0 Å². The molecule has 33 heavy (non-hydrogen) atoms. The van der Waals surface area contributed by atoms with Crippen LogP contribution in [0, 0.1) is 0 Å². The highest BCUT2D eigenvalue weighted by molar-refractivity contribution is 7.10. The molecular formula is C21H8Cl6N2O3S. The molecule has 2 aromatic carbocycles. The van der Waals surface area contributed by atoms with Gasteiger partial charge < -0.3 is 0 Å². The summed E-state index contributed by atoms with van der Waals surface area (Å²) < 4.78 is 0. The molecule has 3 amide bonds. The molecule has 5 nitrogen and oxygen atoms in total. The lowest BCUT2D eigenvalue weighted by Gasteiger charge is -2.49. The van der Waals surface area contributed by atoms with Gasteiger partial charge in [-0.05, 0) is 29.6 Å². The zero-order valence-corrected chi connectivity index (χ0v) is 21.3. The number of amides is 3. The van der Waals surface area contributed by atoms with Crippen molar-refractivity contribution in [3.05, 3.63) is 81.9 Å². The molecule has 3 aromatic rings. The minimum absolute atomic E-state index is 0.143. The maximum Gasteiger partial charge on any atom is 0.264 e. The van der Waals surface area contributed by atoms with Crippen LogP contribution in [-0.4, -0.2) is 28.7 Å². The summed E-state index contributed by atoms with van der Waals surface area (Å²) >= 11 is 38.3. The van der Waals surface area contributed by atoms with Crippen LogP contribution in [0.5, 0.6) is 0 Å². The van der Waals surface area contributed by atoms with Crippen LogP contribution in [0.2, 0.25) is 30.1 Å². The molecule has 1 fully saturated rings. The van der Waals surface area contributed by atoms with E-state index in [1.54, 1.807) is 24.3 Å². The number of benzene rings is 2. The normalized spacial score (nSPS) is 19.9. The Kier molecular flexibility index (Phi) is 5.85. The van der Waals surface area contributed by atoms with Crippen molar-refractivity contribution in [3.8, 4) is 0 Å². The molecule has 2 aliphatic heterocycles. The van der Waals surface area contributed by atoms with E-state index in [1.165, 1.54) is 22.3 Å². The molecule has 1 aromatic heterocycles. The quantitative estimate of drug-likeness (QED) is 0.140. The molecule has 2 atom stereocenters. The highest BCUT2D eigenvalue weighted by Crippen LogP contribution is 2.50.